The van der Waals surface area contributed by atoms with Crippen LogP contribution in [0.3, 0.4) is 0 Å². The molecule has 0 aliphatic carbocycles. The van der Waals surface area contributed by atoms with Crippen molar-refractivity contribution in [2.45, 2.75) is 12.6 Å². The summed E-state index contributed by atoms with van der Waals surface area (Å²) in [6, 6.07) is 10.3. The van der Waals surface area contributed by atoms with E-state index in [9.17, 15) is 13.2 Å². The zero-order chi connectivity index (χ0) is 13.9. The molecule has 0 saturated carbocycles. The van der Waals surface area contributed by atoms with Gasteiger partial charge < -0.3 is 0 Å². The molecule has 1 heterocycles. The number of nitrogens with zero attached hydrogens (tertiary/aromatic N) is 2. The molecule has 5 heteroatoms. The Kier molecular flexibility index (Phi) is 3.52. The molecule has 0 fully saturated rings. The van der Waals surface area contributed by atoms with Crippen molar-refractivity contribution in [3.8, 4) is 17.3 Å². The normalized spacial score (nSPS) is 11.1. The van der Waals surface area contributed by atoms with Crippen LogP contribution in [-0.4, -0.2) is 4.98 Å². The molecule has 2 aromatic rings. The highest BCUT2D eigenvalue weighted by Crippen LogP contribution is 2.31. The Morgan fingerprint density at radius 2 is 1.95 bits per heavy atom. The second-order valence-corrected chi connectivity index (χ2v) is 3.96. The topological polar surface area (TPSA) is 36.7 Å². The van der Waals surface area contributed by atoms with E-state index >= 15 is 0 Å². The minimum atomic E-state index is -4.37. The number of nitriles is 1. The van der Waals surface area contributed by atoms with Crippen LogP contribution in [0.2, 0.25) is 0 Å². The molecule has 0 spiro atoms. The summed E-state index contributed by atoms with van der Waals surface area (Å²) in [5.41, 5.74) is 0.830. The number of benzene rings is 1. The summed E-state index contributed by atoms with van der Waals surface area (Å²) in [4.78, 5) is 4.04. The van der Waals surface area contributed by atoms with Crippen molar-refractivity contribution in [3.05, 3.63) is 53.7 Å². The van der Waals surface area contributed by atoms with E-state index in [1.54, 1.807) is 18.2 Å². The maximum atomic E-state index is 12.6. The van der Waals surface area contributed by atoms with E-state index in [4.69, 9.17) is 5.26 Å². The Morgan fingerprint density at radius 1 is 1.16 bits per heavy atom. The number of pyridine rings is 1. The van der Waals surface area contributed by atoms with Crippen LogP contribution >= 0.6 is 0 Å². The van der Waals surface area contributed by atoms with Gasteiger partial charge in [-0.2, -0.15) is 18.4 Å². The van der Waals surface area contributed by atoms with E-state index in [-0.39, 0.29) is 6.42 Å². The van der Waals surface area contributed by atoms with Gasteiger partial charge in [-0.3, -0.25) is 4.98 Å². The van der Waals surface area contributed by atoms with Crippen LogP contribution in [-0.2, 0) is 12.6 Å². The zero-order valence-corrected chi connectivity index (χ0v) is 9.78. The molecule has 2 nitrogen and oxygen atoms in total. The van der Waals surface area contributed by atoms with Gasteiger partial charge in [0.2, 0.25) is 0 Å². The first-order valence-corrected chi connectivity index (χ1v) is 5.50. The molecule has 0 aliphatic rings. The molecular weight excluding hydrogens is 253 g/mol. The summed E-state index contributed by atoms with van der Waals surface area (Å²) >= 11 is 0. The minimum absolute atomic E-state index is 0.203. The summed E-state index contributed by atoms with van der Waals surface area (Å²) in [5.74, 6) is 0. The van der Waals surface area contributed by atoms with E-state index < -0.39 is 11.7 Å². The fourth-order valence-corrected chi connectivity index (χ4v) is 1.69. The Labute approximate surface area is 108 Å². The minimum Gasteiger partial charge on any atom is -0.256 e. The molecule has 96 valence electrons. The van der Waals surface area contributed by atoms with Crippen LogP contribution in [0.15, 0.2) is 42.6 Å². The highest BCUT2D eigenvalue weighted by Gasteiger charge is 2.30. The Hall–Kier alpha value is -2.35. The lowest BCUT2D eigenvalue weighted by molar-refractivity contribution is -0.137. The van der Waals surface area contributed by atoms with Crippen molar-refractivity contribution in [1.29, 1.82) is 5.26 Å². The SMILES string of the molecule is N#CCc1ccnc(-c2cccc(C(F)(F)F)c2)c1. The molecule has 0 bridgehead atoms. The van der Waals surface area contributed by atoms with Crippen molar-refractivity contribution < 1.29 is 13.2 Å². The van der Waals surface area contributed by atoms with Crippen molar-refractivity contribution >= 4 is 0 Å². The molecule has 0 saturated heterocycles. The van der Waals surface area contributed by atoms with Crippen LogP contribution in [0.4, 0.5) is 13.2 Å². The molecule has 2 rings (SSSR count). The number of hydrogen-bond donors (Lipinski definition) is 0. The average molecular weight is 262 g/mol. The lowest BCUT2D eigenvalue weighted by atomic mass is 10.1. The largest absolute Gasteiger partial charge is 0.416 e. The van der Waals surface area contributed by atoms with Gasteiger partial charge in [-0.1, -0.05) is 12.1 Å². The number of hydrogen-bond acceptors (Lipinski definition) is 2. The van der Waals surface area contributed by atoms with E-state index in [2.05, 4.69) is 4.98 Å². The molecule has 0 N–H and O–H groups in total. The maximum Gasteiger partial charge on any atom is 0.416 e. The monoisotopic (exact) mass is 262 g/mol. The van der Waals surface area contributed by atoms with Crippen LogP contribution in [0.25, 0.3) is 11.3 Å². The van der Waals surface area contributed by atoms with Crippen LogP contribution in [0.5, 0.6) is 0 Å². The van der Waals surface area contributed by atoms with Gasteiger partial charge in [-0.15, -0.1) is 0 Å². The average Bonchev–Trinajstić information content (AvgIpc) is 2.39. The smallest absolute Gasteiger partial charge is 0.256 e. The van der Waals surface area contributed by atoms with Crippen molar-refractivity contribution in [1.82, 2.24) is 4.98 Å². The standard InChI is InChI=1S/C14H9F3N2/c15-14(16,17)12-3-1-2-11(9-12)13-8-10(4-6-18)5-7-19-13/h1-3,5,7-9H,4H2. The first-order valence-electron chi connectivity index (χ1n) is 5.50. The van der Waals surface area contributed by atoms with Gasteiger partial charge in [0.25, 0.3) is 0 Å². The molecule has 1 aromatic carbocycles. The van der Waals surface area contributed by atoms with Gasteiger partial charge in [0, 0.05) is 11.8 Å². The molecule has 1 aromatic heterocycles. The molecule has 0 atom stereocenters. The number of alkyl halides is 3. The Bertz CT molecular complexity index is 627. The molecule has 19 heavy (non-hydrogen) atoms. The van der Waals surface area contributed by atoms with E-state index in [0.29, 0.717) is 11.3 Å². The second kappa shape index (κ2) is 5.11. The quantitative estimate of drug-likeness (QED) is 0.824. The van der Waals surface area contributed by atoms with Crippen molar-refractivity contribution in [3.63, 3.8) is 0 Å². The lowest BCUT2D eigenvalue weighted by Crippen LogP contribution is -2.04. The first kappa shape index (κ1) is 13.1. The van der Waals surface area contributed by atoms with E-state index in [0.717, 1.165) is 17.7 Å². The zero-order valence-electron chi connectivity index (χ0n) is 9.78. The summed E-state index contributed by atoms with van der Waals surface area (Å²) in [7, 11) is 0. The predicted molar refractivity (Wildman–Crippen MR) is 64.0 cm³/mol. The molecule has 0 radical (unpaired) electrons. The molecule has 0 aliphatic heterocycles. The van der Waals surface area contributed by atoms with E-state index in [1.165, 1.54) is 12.3 Å². The number of rotatable bonds is 2. The Morgan fingerprint density at radius 3 is 2.63 bits per heavy atom. The third kappa shape index (κ3) is 3.10. The van der Waals surface area contributed by atoms with Crippen molar-refractivity contribution in [2.75, 3.05) is 0 Å². The van der Waals surface area contributed by atoms with Gasteiger partial charge >= 0.3 is 6.18 Å². The van der Waals surface area contributed by atoms with Gasteiger partial charge in [0.15, 0.2) is 0 Å². The van der Waals surface area contributed by atoms with Gasteiger partial charge in [-0.25, -0.2) is 0 Å². The highest BCUT2D eigenvalue weighted by atomic mass is 19.4. The predicted octanol–water partition coefficient (Wildman–Crippen LogP) is 3.83. The van der Waals surface area contributed by atoms with Crippen LogP contribution in [0.1, 0.15) is 11.1 Å². The van der Waals surface area contributed by atoms with Crippen molar-refractivity contribution in [2.24, 2.45) is 0 Å². The molecular formula is C14H9F3N2. The summed E-state index contributed by atoms with van der Waals surface area (Å²) in [6.45, 7) is 0. The third-order valence-corrected chi connectivity index (χ3v) is 2.59. The fourth-order valence-electron chi connectivity index (χ4n) is 1.69. The first-order chi connectivity index (χ1) is 9.00. The summed E-state index contributed by atoms with van der Waals surface area (Å²) in [5, 5.41) is 8.61. The lowest BCUT2D eigenvalue weighted by Gasteiger charge is -2.08. The van der Waals surface area contributed by atoms with Crippen LogP contribution in [0, 0.1) is 11.3 Å². The highest BCUT2D eigenvalue weighted by molar-refractivity contribution is 5.61. The molecule has 0 unspecified atom stereocenters. The van der Waals surface area contributed by atoms with E-state index in [1.807, 2.05) is 6.07 Å². The maximum absolute atomic E-state index is 12.6. The number of halogens is 3. The second-order valence-electron chi connectivity index (χ2n) is 3.96. The third-order valence-electron chi connectivity index (χ3n) is 2.59. The Balaban J connectivity index is 2.42. The molecule has 0 amide bonds. The number of aromatic nitrogens is 1. The van der Waals surface area contributed by atoms with Gasteiger partial charge in [0.05, 0.1) is 23.7 Å². The van der Waals surface area contributed by atoms with Gasteiger partial charge in [0.1, 0.15) is 0 Å². The van der Waals surface area contributed by atoms with Gasteiger partial charge in [-0.05, 0) is 29.8 Å². The van der Waals surface area contributed by atoms with Crippen LogP contribution < -0.4 is 0 Å². The summed E-state index contributed by atoms with van der Waals surface area (Å²) in [6.07, 6.45) is -2.68. The fraction of sp³-hybridized carbons (Fsp3) is 0.143. The summed E-state index contributed by atoms with van der Waals surface area (Å²) < 4.78 is 37.9.